The van der Waals surface area contributed by atoms with Crippen LogP contribution in [0.3, 0.4) is 0 Å². The summed E-state index contributed by atoms with van der Waals surface area (Å²) in [6.45, 7) is 0. The Morgan fingerprint density at radius 2 is 2.00 bits per heavy atom. The van der Waals surface area contributed by atoms with Gasteiger partial charge in [-0.25, -0.2) is 4.68 Å². The number of hydrogen-bond acceptors (Lipinski definition) is 3. The number of aromatic nitrogens is 2. The van der Waals surface area contributed by atoms with Crippen molar-refractivity contribution in [2.75, 3.05) is 5.73 Å². The summed E-state index contributed by atoms with van der Waals surface area (Å²) >= 11 is 0. The van der Waals surface area contributed by atoms with Gasteiger partial charge in [0.15, 0.2) is 0 Å². The fraction of sp³-hybridized carbons (Fsp3) is 0. The van der Waals surface area contributed by atoms with E-state index >= 15 is 0 Å². The minimum Gasteiger partial charge on any atom is -0.397 e. The Kier molecular flexibility index (Phi) is 2.24. The smallest absolute Gasteiger partial charge is 0.0992 e. The first kappa shape index (κ1) is 10.4. The third-order valence-electron chi connectivity index (χ3n) is 2.86. The molecule has 2 aromatic carbocycles. The standard InChI is InChI=1S/C14H10N4/c15-8-10-5-6-12(16)14(7-10)18-13-4-2-1-3-11(13)9-17-18/h1-7,9H,16H2. The molecular weight excluding hydrogens is 224 g/mol. The fourth-order valence-electron chi connectivity index (χ4n) is 1.96. The van der Waals surface area contributed by atoms with Gasteiger partial charge in [0, 0.05) is 5.39 Å². The van der Waals surface area contributed by atoms with Gasteiger partial charge in [0.25, 0.3) is 0 Å². The molecule has 0 saturated carbocycles. The van der Waals surface area contributed by atoms with Crippen molar-refractivity contribution in [1.82, 2.24) is 9.78 Å². The number of anilines is 1. The molecule has 0 aliphatic heterocycles. The van der Waals surface area contributed by atoms with E-state index in [4.69, 9.17) is 11.0 Å². The molecule has 4 heteroatoms. The Morgan fingerprint density at radius 3 is 2.83 bits per heavy atom. The second-order valence-electron chi connectivity index (χ2n) is 4.00. The van der Waals surface area contributed by atoms with Gasteiger partial charge < -0.3 is 5.73 Å². The van der Waals surface area contributed by atoms with Crippen LogP contribution in [0, 0.1) is 11.3 Å². The van der Waals surface area contributed by atoms with E-state index in [0.717, 1.165) is 16.6 Å². The summed E-state index contributed by atoms with van der Waals surface area (Å²) < 4.78 is 1.76. The minimum absolute atomic E-state index is 0.568. The Labute approximate surface area is 104 Å². The van der Waals surface area contributed by atoms with Crippen LogP contribution >= 0.6 is 0 Å². The van der Waals surface area contributed by atoms with E-state index in [1.807, 2.05) is 24.3 Å². The van der Waals surface area contributed by atoms with Crippen LogP contribution < -0.4 is 5.73 Å². The predicted octanol–water partition coefficient (Wildman–Crippen LogP) is 2.48. The highest BCUT2D eigenvalue weighted by molar-refractivity contribution is 5.81. The van der Waals surface area contributed by atoms with Gasteiger partial charge in [0.1, 0.15) is 0 Å². The molecule has 0 fully saturated rings. The Bertz CT molecular complexity index is 765. The summed E-state index contributed by atoms with van der Waals surface area (Å²) in [4.78, 5) is 0. The predicted molar refractivity (Wildman–Crippen MR) is 70.2 cm³/mol. The van der Waals surface area contributed by atoms with E-state index in [9.17, 15) is 0 Å². The molecule has 0 saturated heterocycles. The zero-order valence-electron chi connectivity index (χ0n) is 9.54. The van der Waals surface area contributed by atoms with Gasteiger partial charge >= 0.3 is 0 Å². The van der Waals surface area contributed by atoms with E-state index in [1.54, 1.807) is 29.1 Å². The first-order valence-electron chi connectivity index (χ1n) is 5.52. The maximum Gasteiger partial charge on any atom is 0.0992 e. The first-order valence-corrected chi connectivity index (χ1v) is 5.52. The third-order valence-corrected chi connectivity index (χ3v) is 2.86. The van der Waals surface area contributed by atoms with Crippen LogP contribution in [-0.4, -0.2) is 9.78 Å². The summed E-state index contributed by atoms with van der Waals surface area (Å²) in [5, 5.41) is 14.3. The lowest BCUT2D eigenvalue weighted by Crippen LogP contribution is -2.01. The van der Waals surface area contributed by atoms with Crippen molar-refractivity contribution in [2.45, 2.75) is 0 Å². The topological polar surface area (TPSA) is 67.6 Å². The fourth-order valence-corrected chi connectivity index (χ4v) is 1.96. The van der Waals surface area contributed by atoms with Crippen molar-refractivity contribution in [3.63, 3.8) is 0 Å². The summed E-state index contributed by atoms with van der Waals surface area (Å²) in [6.07, 6.45) is 1.79. The van der Waals surface area contributed by atoms with E-state index in [2.05, 4.69) is 11.2 Å². The van der Waals surface area contributed by atoms with Crippen LogP contribution in [0.1, 0.15) is 5.56 Å². The molecule has 3 aromatic rings. The number of nitriles is 1. The monoisotopic (exact) mass is 234 g/mol. The second kappa shape index (κ2) is 3.90. The molecule has 1 aromatic heterocycles. The molecule has 0 radical (unpaired) electrons. The van der Waals surface area contributed by atoms with Gasteiger partial charge in [-0.05, 0) is 24.3 Å². The molecule has 0 aliphatic carbocycles. The Morgan fingerprint density at radius 1 is 1.17 bits per heavy atom. The molecule has 0 amide bonds. The number of nitrogen functional groups attached to an aromatic ring is 1. The molecule has 0 atom stereocenters. The normalized spacial score (nSPS) is 10.4. The van der Waals surface area contributed by atoms with E-state index in [0.29, 0.717) is 11.3 Å². The number of para-hydroxylation sites is 1. The number of benzene rings is 2. The average molecular weight is 234 g/mol. The lowest BCUT2D eigenvalue weighted by Gasteiger charge is -2.07. The molecule has 0 bridgehead atoms. The number of fused-ring (bicyclic) bond motifs is 1. The van der Waals surface area contributed by atoms with Crippen molar-refractivity contribution < 1.29 is 0 Å². The highest BCUT2D eigenvalue weighted by Crippen LogP contribution is 2.23. The molecule has 0 aliphatic rings. The highest BCUT2D eigenvalue weighted by atomic mass is 15.3. The molecule has 86 valence electrons. The lowest BCUT2D eigenvalue weighted by molar-refractivity contribution is 0.912. The highest BCUT2D eigenvalue weighted by Gasteiger charge is 2.08. The van der Waals surface area contributed by atoms with Crippen LogP contribution in [0.25, 0.3) is 16.6 Å². The second-order valence-corrected chi connectivity index (χ2v) is 4.00. The maximum absolute atomic E-state index is 8.94. The van der Waals surface area contributed by atoms with Crippen LogP contribution in [0.4, 0.5) is 5.69 Å². The van der Waals surface area contributed by atoms with Crippen molar-refractivity contribution in [3.05, 3.63) is 54.2 Å². The number of rotatable bonds is 1. The van der Waals surface area contributed by atoms with Crippen molar-refractivity contribution >= 4 is 16.6 Å². The molecule has 4 nitrogen and oxygen atoms in total. The molecular formula is C14H10N4. The zero-order chi connectivity index (χ0) is 12.5. The van der Waals surface area contributed by atoms with Crippen LogP contribution in [0.2, 0.25) is 0 Å². The van der Waals surface area contributed by atoms with Crippen molar-refractivity contribution in [1.29, 1.82) is 5.26 Å². The van der Waals surface area contributed by atoms with Crippen molar-refractivity contribution in [3.8, 4) is 11.8 Å². The Hall–Kier alpha value is -2.80. The van der Waals surface area contributed by atoms with Gasteiger partial charge in [-0.15, -0.1) is 0 Å². The third kappa shape index (κ3) is 1.50. The number of hydrogen-bond donors (Lipinski definition) is 1. The van der Waals surface area contributed by atoms with Gasteiger partial charge in [-0.3, -0.25) is 0 Å². The summed E-state index contributed by atoms with van der Waals surface area (Å²) in [5.41, 5.74) is 8.83. The van der Waals surface area contributed by atoms with Crippen LogP contribution in [0.5, 0.6) is 0 Å². The molecule has 3 rings (SSSR count). The molecule has 18 heavy (non-hydrogen) atoms. The zero-order valence-corrected chi connectivity index (χ0v) is 9.54. The van der Waals surface area contributed by atoms with Gasteiger partial charge in [-0.2, -0.15) is 10.4 Å². The van der Waals surface area contributed by atoms with E-state index < -0.39 is 0 Å². The lowest BCUT2D eigenvalue weighted by atomic mass is 10.2. The van der Waals surface area contributed by atoms with Crippen molar-refractivity contribution in [2.24, 2.45) is 0 Å². The maximum atomic E-state index is 8.94. The van der Waals surface area contributed by atoms with Crippen LogP contribution in [-0.2, 0) is 0 Å². The number of nitrogens with zero attached hydrogens (tertiary/aromatic N) is 3. The average Bonchev–Trinajstić information content (AvgIpc) is 2.83. The van der Waals surface area contributed by atoms with Gasteiger partial charge in [0.2, 0.25) is 0 Å². The first-order chi connectivity index (χ1) is 8.79. The minimum atomic E-state index is 0.568. The molecule has 2 N–H and O–H groups in total. The summed E-state index contributed by atoms with van der Waals surface area (Å²) in [5.74, 6) is 0. The van der Waals surface area contributed by atoms with Crippen LogP contribution in [0.15, 0.2) is 48.7 Å². The number of nitrogens with two attached hydrogens (primary N) is 1. The molecule has 0 unspecified atom stereocenters. The van der Waals surface area contributed by atoms with E-state index in [1.165, 1.54) is 0 Å². The van der Waals surface area contributed by atoms with Gasteiger partial charge in [-0.1, -0.05) is 18.2 Å². The Balaban J connectivity index is 2.30. The SMILES string of the molecule is N#Cc1ccc(N)c(-n2ncc3ccccc32)c1. The summed E-state index contributed by atoms with van der Waals surface area (Å²) in [6, 6.07) is 15.2. The molecule has 0 spiro atoms. The largest absolute Gasteiger partial charge is 0.397 e. The van der Waals surface area contributed by atoms with E-state index in [-0.39, 0.29) is 0 Å². The van der Waals surface area contributed by atoms with Gasteiger partial charge in [0.05, 0.1) is 34.7 Å². The quantitative estimate of drug-likeness (QED) is 0.658. The summed E-state index contributed by atoms with van der Waals surface area (Å²) in [7, 11) is 0. The molecule has 1 heterocycles.